The van der Waals surface area contributed by atoms with Crippen LogP contribution in [0.5, 0.6) is 0 Å². The number of nitrogens with one attached hydrogen (secondary N) is 1. The van der Waals surface area contributed by atoms with Gasteiger partial charge in [0.2, 0.25) is 0 Å². The Morgan fingerprint density at radius 1 is 1.33 bits per heavy atom. The number of nitrogens with two attached hydrogens (primary N) is 1. The molecule has 1 rings (SSSR count). The fraction of sp³-hybridized carbons (Fsp3) is 0.125. The number of amidine groups is 1. The van der Waals surface area contributed by atoms with Gasteiger partial charge >= 0.3 is 0 Å². The summed E-state index contributed by atoms with van der Waals surface area (Å²) >= 11 is 0. The van der Waals surface area contributed by atoms with E-state index in [0.29, 0.717) is 0 Å². The van der Waals surface area contributed by atoms with Crippen molar-refractivity contribution in [2.24, 2.45) is 5.73 Å². The Kier molecular flexibility index (Phi) is 2.38. The highest BCUT2D eigenvalue weighted by atomic mass is 19.3. The standard InChI is InChI=1S/C8H8F2N2/c9-7(10)5-3-1-2-4-6(5)8(11)12/h1-4,7H,(H3,11,12). The Hall–Kier alpha value is -1.45. The van der Waals surface area contributed by atoms with Gasteiger partial charge in [0.1, 0.15) is 5.84 Å². The minimum absolute atomic E-state index is 0.104. The summed E-state index contributed by atoms with van der Waals surface area (Å²) < 4.78 is 24.5. The molecule has 1 aromatic carbocycles. The topological polar surface area (TPSA) is 49.9 Å². The molecule has 12 heavy (non-hydrogen) atoms. The van der Waals surface area contributed by atoms with Crippen LogP contribution >= 0.6 is 0 Å². The van der Waals surface area contributed by atoms with Crippen LogP contribution < -0.4 is 5.73 Å². The van der Waals surface area contributed by atoms with Gasteiger partial charge in [-0.25, -0.2) is 8.78 Å². The third-order valence-corrected chi connectivity index (χ3v) is 1.49. The molecule has 0 atom stereocenters. The van der Waals surface area contributed by atoms with Crippen molar-refractivity contribution in [1.82, 2.24) is 0 Å². The van der Waals surface area contributed by atoms with Crippen molar-refractivity contribution in [3.8, 4) is 0 Å². The lowest BCUT2D eigenvalue weighted by atomic mass is 10.1. The molecule has 0 radical (unpaired) electrons. The third kappa shape index (κ3) is 1.58. The van der Waals surface area contributed by atoms with Gasteiger partial charge in [-0.3, -0.25) is 5.41 Å². The number of benzene rings is 1. The predicted molar refractivity (Wildman–Crippen MR) is 42.4 cm³/mol. The molecule has 64 valence electrons. The summed E-state index contributed by atoms with van der Waals surface area (Å²) in [5.74, 6) is -0.328. The maximum Gasteiger partial charge on any atom is 0.264 e. The van der Waals surface area contributed by atoms with Crippen LogP contribution in [0.15, 0.2) is 24.3 Å². The van der Waals surface area contributed by atoms with Crippen LogP contribution in [-0.4, -0.2) is 5.84 Å². The molecule has 3 N–H and O–H groups in total. The van der Waals surface area contributed by atoms with Crippen molar-refractivity contribution in [2.75, 3.05) is 0 Å². The van der Waals surface area contributed by atoms with E-state index in [-0.39, 0.29) is 17.0 Å². The number of halogens is 2. The molecule has 0 bridgehead atoms. The van der Waals surface area contributed by atoms with Crippen molar-refractivity contribution in [2.45, 2.75) is 6.43 Å². The van der Waals surface area contributed by atoms with Gasteiger partial charge in [0, 0.05) is 11.1 Å². The summed E-state index contributed by atoms with van der Waals surface area (Å²) in [6.07, 6.45) is -2.58. The van der Waals surface area contributed by atoms with Gasteiger partial charge in [0.05, 0.1) is 0 Å². The summed E-state index contributed by atoms with van der Waals surface area (Å²) in [7, 11) is 0. The lowest BCUT2D eigenvalue weighted by molar-refractivity contribution is 0.151. The lowest BCUT2D eigenvalue weighted by Gasteiger charge is -2.05. The zero-order chi connectivity index (χ0) is 9.14. The predicted octanol–water partition coefficient (Wildman–Crippen LogP) is 1.91. The number of rotatable bonds is 2. The molecular formula is C8H8F2N2. The van der Waals surface area contributed by atoms with E-state index in [9.17, 15) is 8.78 Å². The first kappa shape index (κ1) is 8.64. The minimum Gasteiger partial charge on any atom is -0.384 e. The average Bonchev–Trinajstić information content (AvgIpc) is 2.04. The van der Waals surface area contributed by atoms with E-state index in [1.165, 1.54) is 18.2 Å². The normalized spacial score (nSPS) is 10.2. The van der Waals surface area contributed by atoms with Gasteiger partial charge in [-0.2, -0.15) is 0 Å². The van der Waals surface area contributed by atoms with Crippen molar-refractivity contribution in [1.29, 1.82) is 5.41 Å². The molecule has 0 saturated carbocycles. The second kappa shape index (κ2) is 3.30. The van der Waals surface area contributed by atoms with E-state index in [1.54, 1.807) is 6.07 Å². The highest BCUT2D eigenvalue weighted by Gasteiger charge is 2.12. The van der Waals surface area contributed by atoms with Crippen LogP contribution in [0.25, 0.3) is 0 Å². The van der Waals surface area contributed by atoms with Gasteiger partial charge in [0.15, 0.2) is 0 Å². The summed E-state index contributed by atoms with van der Waals surface area (Å²) in [5.41, 5.74) is 5.02. The third-order valence-electron chi connectivity index (χ3n) is 1.49. The van der Waals surface area contributed by atoms with Gasteiger partial charge in [-0.05, 0) is 0 Å². The molecular weight excluding hydrogens is 162 g/mol. The summed E-state index contributed by atoms with van der Waals surface area (Å²) in [4.78, 5) is 0. The Bertz CT molecular complexity index is 297. The zero-order valence-corrected chi connectivity index (χ0v) is 6.22. The molecule has 0 aromatic heterocycles. The van der Waals surface area contributed by atoms with E-state index >= 15 is 0 Å². The van der Waals surface area contributed by atoms with Gasteiger partial charge < -0.3 is 5.73 Å². The first-order valence-corrected chi connectivity index (χ1v) is 3.34. The summed E-state index contributed by atoms with van der Waals surface area (Å²) in [5, 5.41) is 7.01. The van der Waals surface area contributed by atoms with Crippen LogP contribution in [0.3, 0.4) is 0 Å². The SMILES string of the molecule is N=C(N)c1ccccc1C(F)F. The zero-order valence-electron chi connectivity index (χ0n) is 6.22. The van der Waals surface area contributed by atoms with Crippen molar-refractivity contribution in [3.63, 3.8) is 0 Å². The maximum absolute atomic E-state index is 12.2. The molecule has 1 aromatic rings. The second-order valence-electron chi connectivity index (χ2n) is 2.30. The highest BCUT2D eigenvalue weighted by molar-refractivity contribution is 5.96. The fourth-order valence-corrected chi connectivity index (χ4v) is 0.933. The van der Waals surface area contributed by atoms with Crippen LogP contribution in [0, 0.1) is 5.41 Å². The Balaban J connectivity index is 3.17. The van der Waals surface area contributed by atoms with Gasteiger partial charge in [0.25, 0.3) is 6.43 Å². The Labute approximate surface area is 68.5 Å². The molecule has 0 aliphatic carbocycles. The molecule has 2 nitrogen and oxygen atoms in total. The molecule has 0 heterocycles. The van der Waals surface area contributed by atoms with E-state index in [0.717, 1.165) is 0 Å². The first-order chi connectivity index (χ1) is 5.63. The van der Waals surface area contributed by atoms with Gasteiger partial charge in [-0.1, -0.05) is 24.3 Å². The molecule has 0 unspecified atom stereocenters. The number of alkyl halides is 2. The van der Waals surface area contributed by atoms with Crippen LogP contribution in [0.2, 0.25) is 0 Å². The monoisotopic (exact) mass is 170 g/mol. The molecule has 0 fully saturated rings. The van der Waals surface area contributed by atoms with E-state index in [2.05, 4.69) is 0 Å². The van der Waals surface area contributed by atoms with Crippen LogP contribution in [-0.2, 0) is 0 Å². The Morgan fingerprint density at radius 3 is 2.33 bits per heavy atom. The summed E-state index contributed by atoms with van der Waals surface area (Å²) in [6, 6.07) is 5.74. The average molecular weight is 170 g/mol. The van der Waals surface area contributed by atoms with Crippen molar-refractivity contribution in [3.05, 3.63) is 35.4 Å². The smallest absolute Gasteiger partial charge is 0.264 e. The van der Waals surface area contributed by atoms with E-state index < -0.39 is 6.43 Å². The first-order valence-electron chi connectivity index (χ1n) is 3.34. The van der Waals surface area contributed by atoms with E-state index in [1.807, 2.05) is 0 Å². The minimum atomic E-state index is -2.58. The molecule has 0 amide bonds. The van der Waals surface area contributed by atoms with E-state index in [4.69, 9.17) is 11.1 Å². The largest absolute Gasteiger partial charge is 0.384 e. The lowest BCUT2D eigenvalue weighted by Crippen LogP contribution is -2.13. The number of hydrogen-bond acceptors (Lipinski definition) is 1. The highest BCUT2D eigenvalue weighted by Crippen LogP contribution is 2.21. The van der Waals surface area contributed by atoms with Gasteiger partial charge in [-0.15, -0.1) is 0 Å². The van der Waals surface area contributed by atoms with Crippen molar-refractivity contribution >= 4 is 5.84 Å². The molecule has 0 aliphatic heterocycles. The van der Waals surface area contributed by atoms with Crippen LogP contribution in [0.4, 0.5) is 8.78 Å². The maximum atomic E-state index is 12.2. The number of hydrogen-bond donors (Lipinski definition) is 2. The molecule has 4 heteroatoms. The number of nitrogen functional groups attached to an aromatic ring is 1. The summed E-state index contributed by atoms with van der Waals surface area (Å²) in [6.45, 7) is 0. The van der Waals surface area contributed by atoms with Crippen LogP contribution in [0.1, 0.15) is 17.6 Å². The second-order valence-corrected chi connectivity index (χ2v) is 2.30. The molecule has 0 saturated heterocycles. The fourth-order valence-electron chi connectivity index (χ4n) is 0.933. The molecule has 0 aliphatic rings. The Morgan fingerprint density at radius 2 is 1.92 bits per heavy atom. The molecule has 0 spiro atoms. The van der Waals surface area contributed by atoms with Crippen molar-refractivity contribution < 1.29 is 8.78 Å². The quantitative estimate of drug-likeness (QED) is 0.517.